The first-order valence-corrected chi connectivity index (χ1v) is 6.96. The van der Waals surface area contributed by atoms with Gasteiger partial charge in [-0.25, -0.2) is 10.5 Å². The summed E-state index contributed by atoms with van der Waals surface area (Å²) in [5.74, 6) is 6.80. The van der Waals surface area contributed by atoms with Crippen LogP contribution in [-0.4, -0.2) is 25.0 Å². The first-order chi connectivity index (χ1) is 10.7. The Balaban J connectivity index is 0.00000156. The second-order valence-electron chi connectivity index (χ2n) is 5.28. The molecular weight excluding hydrogens is 314 g/mol. The number of benzene rings is 1. The van der Waals surface area contributed by atoms with Crippen LogP contribution in [0.5, 0.6) is 0 Å². The Morgan fingerprint density at radius 1 is 1.17 bits per heavy atom. The lowest BCUT2D eigenvalue weighted by Crippen LogP contribution is -2.12. The van der Waals surface area contributed by atoms with Crippen LogP contribution in [0.1, 0.15) is 11.4 Å². The van der Waals surface area contributed by atoms with Gasteiger partial charge in [-0.2, -0.15) is 5.10 Å². The Morgan fingerprint density at radius 2 is 1.96 bits per heavy atom. The van der Waals surface area contributed by atoms with Crippen LogP contribution in [-0.2, 0) is 0 Å². The molecule has 23 heavy (non-hydrogen) atoms. The molecule has 0 amide bonds. The van der Waals surface area contributed by atoms with Gasteiger partial charge in [0.15, 0.2) is 11.6 Å². The fraction of sp³-hybridized carbons (Fsp3) is 0.133. The number of nitrogens with one attached hydrogen (secondary N) is 2. The molecule has 0 saturated heterocycles. The third kappa shape index (κ3) is 2.21. The third-order valence-corrected chi connectivity index (χ3v) is 3.76. The molecule has 4 aromatic rings. The molecule has 0 spiro atoms. The summed E-state index contributed by atoms with van der Waals surface area (Å²) in [7, 11) is 0. The van der Waals surface area contributed by atoms with Gasteiger partial charge in [-0.05, 0) is 26.0 Å². The van der Waals surface area contributed by atoms with Gasteiger partial charge in [-0.15, -0.1) is 22.6 Å². The lowest BCUT2D eigenvalue weighted by Gasteiger charge is -2.07. The van der Waals surface area contributed by atoms with E-state index < -0.39 is 0 Å². The van der Waals surface area contributed by atoms with E-state index >= 15 is 0 Å². The van der Waals surface area contributed by atoms with Gasteiger partial charge in [0, 0.05) is 16.6 Å². The zero-order chi connectivity index (χ0) is 15.3. The summed E-state index contributed by atoms with van der Waals surface area (Å²) in [5, 5.41) is 15.0. The molecule has 118 valence electrons. The fourth-order valence-electron chi connectivity index (χ4n) is 2.85. The van der Waals surface area contributed by atoms with E-state index in [0.29, 0.717) is 11.6 Å². The Labute approximate surface area is 138 Å². The molecule has 3 aromatic heterocycles. The molecule has 0 radical (unpaired) electrons. The molecule has 7 nitrogen and oxygen atoms in total. The van der Waals surface area contributed by atoms with Crippen LogP contribution >= 0.6 is 12.4 Å². The van der Waals surface area contributed by atoms with E-state index in [-0.39, 0.29) is 12.4 Å². The van der Waals surface area contributed by atoms with Crippen molar-refractivity contribution >= 4 is 40.0 Å². The van der Waals surface area contributed by atoms with Crippen molar-refractivity contribution in [1.29, 1.82) is 0 Å². The predicted molar refractivity (Wildman–Crippen MR) is 93.0 cm³/mol. The Hall–Kier alpha value is -2.64. The summed E-state index contributed by atoms with van der Waals surface area (Å²) in [6.45, 7) is 3.94. The van der Waals surface area contributed by atoms with Crippen molar-refractivity contribution in [3.63, 3.8) is 0 Å². The molecule has 1 aromatic carbocycles. The van der Waals surface area contributed by atoms with Gasteiger partial charge in [-0.1, -0.05) is 18.2 Å². The highest BCUT2D eigenvalue weighted by Gasteiger charge is 2.17. The molecule has 8 heteroatoms. The quantitative estimate of drug-likeness (QED) is 0.388. The molecule has 0 unspecified atom stereocenters. The second kappa shape index (κ2) is 5.53. The van der Waals surface area contributed by atoms with Crippen LogP contribution in [0.25, 0.3) is 27.6 Å². The summed E-state index contributed by atoms with van der Waals surface area (Å²) in [6, 6.07) is 10.0. The molecule has 3 heterocycles. The van der Waals surface area contributed by atoms with Gasteiger partial charge in [0.1, 0.15) is 0 Å². The zero-order valence-electron chi connectivity index (χ0n) is 12.7. The monoisotopic (exact) mass is 329 g/mol. The molecule has 0 aliphatic carbocycles. The fourth-order valence-corrected chi connectivity index (χ4v) is 2.85. The zero-order valence-corrected chi connectivity index (χ0v) is 13.5. The molecule has 4 N–H and O–H groups in total. The number of H-pyrrole nitrogens is 1. The molecule has 0 fully saturated rings. The second-order valence-corrected chi connectivity index (χ2v) is 5.28. The van der Waals surface area contributed by atoms with Gasteiger partial charge >= 0.3 is 0 Å². The van der Waals surface area contributed by atoms with E-state index in [9.17, 15) is 0 Å². The average molecular weight is 330 g/mol. The number of hydrazine groups is 1. The number of halogens is 1. The minimum Gasteiger partial charge on any atom is -0.351 e. The van der Waals surface area contributed by atoms with Gasteiger partial charge in [0.25, 0.3) is 0 Å². The van der Waals surface area contributed by atoms with Crippen molar-refractivity contribution in [3.05, 3.63) is 41.7 Å². The number of anilines is 1. The maximum absolute atomic E-state index is 5.60. The highest BCUT2D eigenvalue weighted by atomic mass is 35.5. The molecule has 0 bridgehead atoms. The number of aromatic nitrogens is 5. The molecule has 0 saturated carbocycles. The number of nitrogens with two attached hydrogens (primary N) is 1. The van der Waals surface area contributed by atoms with Crippen LogP contribution in [0.2, 0.25) is 0 Å². The molecule has 0 atom stereocenters. The minimum atomic E-state index is 0. The summed E-state index contributed by atoms with van der Waals surface area (Å²) in [4.78, 5) is 3.40. The van der Waals surface area contributed by atoms with Crippen LogP contribution in [0.3, 0.4) is 0 Å². The number of para-hydroxylation sites is 1. The number of hydrogen-bond donors (Lipinski definition) is 3. The lowest BCUT2D eigenvalue weighted by molar-refractivity contribution is 0.790. The van der Waals surface area contributed by atoms with Crippen LogP contribution in [0, 0.1) is 13.8 Å². The summed E-state index contributed by atoms with van der Waals surface area (Å²) in [6.07, 6.45) is 0. The van der Waals surface area contributed by atoms with E-state index in [1.807, 2.05) is 44.2 Å². The van der Waals surface area contributed by atoms with Gasteiger partial charge in [0.2, 0.25) is 0 Å². The predicted octanol–water partition coefficient (Wildman–Crippen LogP) is 2.62. The normalized spacial score (nSPS) is 10.9. The number of aryl methyl sites for hydroxylation is 2. The van der Waals surface area contributed by atoms with Crippen molar-refractivity contribution in [2.75, 3.05) is 5.43 Å². The standard InChI is InChI=1S/C15H15N7.ClH/c1-8-7-9(2)22(21-8)15-13-12(14(18-16)19-20-15)10-5-3-4-6-11(10)17-13;/h3-7,17H,16H2,1-2H3,(H,18,19);1H. The highest BCUT2D eigenvalue weighted by molar-refractivity contribution is 6.13. The third-order valence-electron chi connectivity index (χ3n) is 3.76. The van der Waals surface area contributed by atoms with E-state index in [0.717, 1.165) is 33.2 Å². The summed E-state index contributed by atoms with van der Waals surface area (Å²) >= 11 is 0. The van der Waals surface area contributed by atoms with Crippen molar-refractivity contribution in [1.82, 2.24) is 25.0 Å². The average Bonchev–Trinajstić information content (AvgIpc) is 3.06. The molecule has 0 aliphatic heterocycles. The number of nitrogen functional groups attached to an aromatic ring is 1. The van der Waals surface area contributed by atoms with E-state index in [1.165, 1.54) is 0 Å². The van der Waals surface area contributed by atoms with Crippen LogP contribution in [0.15, 0.2) is 30.3 Å². The number of fused-ring (bicyclic) bond motifs is 3. The molecular formula is C15H16ClN7. The summed E-state index contributed by atoms with van der Waals surface area (Å²) < 4.78 is 1.79. The van der Waals surface area contributed by atoms with Crippen molar-refractivity contribution in [2.45, 2.75) is 13.8 Å². The Bertz CT molecular complexity index is 1000. The van der Waals surface area contributed by atoms with Crippen molar-refractivity contribution in [3.8, 4) is 5.82 Å². The smallest absolute Gasteiger partial charge is 0.200 e. The first-order valence-electron chi connectivity index (χ1n) is 6.96. The van der Waals surface area contributed by atoms with Crippen molar-refractivity contribution in [2.24, 2.45) is 5.84 Å². The topological polar surface area (TPSA) is 97.4 Å². The van der Waals surface area contributed by atoms with Crippen molar-refractivity contribution < 1.29 is 0 Å². The van der Waals surface area contributed by atoms with Gasteiger partial charge in [0.05, 0.1) is 16.6 Å². The molecule has 4 rings (SSSR count). The van der Waals surface area contributed by atoms with Gasteiger partial charge < -0.3 is 10.4 Å². The van der Waals surface area contributed by atoms with Crippen LogP contribution in [0.4, 0.5) is 5.82 Å². The van der Waals surface area contributed by atoms with E-state index in [2.05, 4.69) is 25.7 Å². The minimum absolute atomic E-state index is 0. The summed E-state index contributed by atoms with van der Waals surface area (Å²) in [5.41, 5.74) is 6.42. The first kappa shape index (κ1) is 15.3. The number of aromatic amines is 1. The maximum atomic E-state index is 5.60. The SMILES string of the molecule is Cc1cc(C)n(-c2nnc(NN)c3c2[nH]c2ccccc23)n1.Cl. The maximum Gasteiger partial charge on any atom is 0.200 e. The number of rotatable bonds is 2. The van der Waals surface area contributed by atoms with Crippen LogP contribution < -0.4 is 11.3 Å². The number of hydrogen-bond acceptors (Lipinski definition) is 5. The highest BCUT2D eigenvalue weighted by Crippen LogP contribution is 2.32. The largest absolute Gasteiger partial charge is 0.351 e. The van der Waals surface area contributed by atoms with E-state index in [4.69, 9.17) is 5.84 Å². The Morgan fingerprint density at radius 3 is 2.65 bits per heavy atom. The number of nitrogens with zero attached hydrogens (tertiary/aromatic N) is 4. The Kier molecular flexibility index (Phi) is 3.67. The molecule has 0 aliphatic rings. The lowest BCUT2D eigenvalue weighted by atomic mass is 10.2. The van der Waals surface area contributed by atoms with Gasteiger partial charge in [-0.3, -0.25) is 0 Å². The van der Waals surface area contributed by atoms with E-state index in [1.54, 1.807) is 4.68 Å².